The van der Waals surface area contributed by atoms with Gasteiger partial charge < -0.3 is 39.2 Å². The Balaban J connectivity index is 0.000000168. The third-order valence-corrected chi connectivity index (χ3v) is 13.3. The quantitative estimate of drug-likeness (QED) is 0.0718. The zero-order valence-corrected chi connectivity index (χ0v) is 37.7. The molecule has 6 heterocycles. The summed E-state index contributed by atoms with van der Waals surface area (Å²) in [5, 5.41) is 40.0. The van der Waals surface area contributed by atoms with E-state index in [1.165, 1.54) is 0 Å². The third-order valence-electron chi connectivity index (χ3n) is 13.3. The summed E-state index contributed by atoms with van der Waals surface area (Å²) in [6.45, 7) is 4.51. The highest BCUT2D eigenvalue weighted by molar-refractivity contribution is 5.85. The molecule has 5 aromatic carbocycles. The van der Waals surface area contributed by atoms with Crippen molar-refractivity contribution < 1.29 is 48.2 Å². The van der Waals surface area contributed by atoms with Crippen LogP contribution < -0.4 is 5.32 Å². The fraction of sp³-hybridized carbons (Fsp3) is 0.296. The van der Waals surface area contributed by atoms with E-state index in [-0.39, 0.29) is 24.4 Å². The van der Waals surface area contributed by atoms with Crippen LogP contribution in [0.5, 0.6) is 0 Å². The molecule has 3 aliphatic rings. The Morgan fingerprint density at radius 2 is 1.29 bits per heavy atom. The number of carbonyl (C=O) groups is 2. The number of benzene rings is 5. The van der Waals surface area contributed by atoms with Crippen LogP contribution in [-0.2, 0) is 43.5 Å². The predicted octanol–water partition coefficient (Wildman–Crippen LogP) is 7.55. The van der Waals surface area contributed by atoms with Gasteiger partial charge in [0.05, 0.1) is 44.4 Å². The summed E-state index contributed by atoms with van der Waals surface area (Å²) in [4.78, 5) is 40.8. The lowest BCUT2D eigenvalue weighted by molar-refractivity contribution is -0.202. The first-order valence-corrected chi connectivity index (χ1v) is 23.1. The van der Waals surface area contributed by atoms with E-state index >= 15 is 0 Å². The fourth-order valence-electron chi connectivity index (χ4n) is 9.74. The summed E-state index contributed by atoms with van der Waals surface area (Å²) in [6.07, 6.45) is 0.00424. The van der Waals surface area contributed by atoms with Crippen molar-refractivity contribution in [3.8, 4) is 22.6 Å². The normalized spacial score (nSPS) is 22.6. The number of fused-ring (bicyclic) bond motifs is 4. The Morgan fingerprint density at radius 1 is 0.735 bits per heavy atom. The zero-order valence-electron chi connectivity index (χ0n) is 37.7. The number of para-hydroxylation sites is 3. The van der Waals surface area contributed by atoms with E-state index in [2.05, 4.69) is 16.4 Å². The van der Waals surface area contributed by atoms with Gasteiger partial charge in [0.1, 0.15) is 47.0 Å². The number of nitrogens with one attached hydrogen (secondary N) is 2. The highest BCUT2D eigenvalue weighted by Crippen LogP contribution is 2.37. The van der Waals surface area contributed by atoms with Gasteiger partial charge in [-0.1, -0.05) is 103 Å². The van der Waals surface area contributed by atoms with Crippen molar-refractivity contribution in [3.05, 3.63) is 156 Å². The molecule has 1 amide bonds. The summed E-state index contributed by atoms with van der Waals surface area (Å²) >= 11 is 0. The van der Waals surface area contributed by atoms with Gasteiger partial charge in [-0.05, 0) is 67.3 Å². The molecule has 3 aliphatic heterocycles. The van der Waals surface area contributed by atoms with Crippen molar-refractivity contribution >= 4 is 44.7 Å². The molecule has 3 aromatic heterocycles. The third kappa shape index (κ3) is 9.19. The second-order valence-electron chi connectivity index (χ2n) is 17.9. The van der Waals surface area contributed by atoms with Crippen LogP contribution in [0.25, 0.3) is 55.5 Å². The Morgan fingerprint density at radius 3 is 1.88 bits per heavy atom. The topological polar surface area (TPSA) is 183 Å². The number of aromatic amines is 1. The fourth-order valence-corrected chi connectivity index (χ4v) is 9.74. The SMILES string of the molecule is C[C@H](O)C1ON(Cc2ccc(-c3cc4ccccc4o3)cc2)[C@@H]2C(=O)OC[C@H]12.C[C@H](O)C1ON(Cc2ccc(-c3cc4ccccc4o3)cc2)[C@H](C(=O)NCCc2c[nH]c3ccccc23)[C@@H]1CO. The molecule has 14 heteroatoms. The number of nitrogens with zero attached hydrogens (tertiary/aromatic N) is 2. The van der Waals surface area contributed by atoms with Crippen LogP contribution in [0.15, 0.2) is 148 Å². The molecule has 0 spiro atoms. The number of hydrogen-bond acceptors (Lipinski definition) is 12. The van der Waals surface area contributed by atoms with Crippen molar-refractivity contribution in [2.24, 2.45) is 11.8 Å². The van der Waals surface area contributed by atoms with E-state index in [9.17, 15) is 24.9 Å². The standard InChI is InChI=1S/C32H33N3O5.C22H21NO5/c1-20(37)31-26(19-36)30(32(38)33-15-14-24-17-34-27-8-4-3-7-25(24)27)35(40-31)18-21-10-12-22(13-11-21)29-16-23-6-2-5-9-28(23)39-29;1-13(24)21-17-12-26-22(25)20(17)23(28-21)11-14-6-8-15(9-7-14)19-10-16-4-2-3-5-18(16)27-19/h2-13,16-17,20,26,30-31,34,36-37H,14-15,18-19H2,1H3,(H,33,38);2-10,13,17,20-21,24H,11-12H2,1H3/t20-,26-,30-,31?;13-,17-,20-,21?/m00/s1. The molecule has 14 nitrogen and oxygen atoms in total. The molecule has 8 atom stereocenters. The van der Waals surface area contributed by atoms with Gasteiger partial charge in [0, 0.05) is 51.5 Å². The van der Waals surface area contributed by atoms with Gasteiger partial charge in [0.15, 0.2) is 0 Å². The molecule has 0 radical (unpaired) electrons. The number of rotatable bonds is 13. The Labute approximate surface area is 392 Å². The number of aliphatic hydroxyl groups is 3. The molecule has 0 aliphatic carbocycles. The van der Waals surface area contributed by atoms with Crippen molar-refractivity contribution in [2.45, 2.75) is 69.9 Å². The van der Waals surface area contributed by atoms with Crippen LogP contribution in [-0.4, -0.2) is 98.6 Å². The van der Waals surface area contributed by atoms with Crippen LogP contribution >= 0.6 is 0 Å². The molecule has 8 aromatic rings. The number of hydroxylamine groups is 4. The first kappa shape index (κ1) is 45.2. The molecular formula is C54H54N4O10. The smallest absolute Gasteiger partial charge is 0.326 e. The minimum Gasteiger partial charge on any atom is -0.464 e. The molecule has 350 valence electrons. The highest BCUT2D eigenvalue weighted by atomic mass is 16.7. The number of aliphatic hydroxyl groups excluding tert-OH is 3. The lowest BCUT2D eigenvalue weighted by Gasteiger charge is -2.24. The maximum atomic E-state index is 13.5. The van der Waals surface area contributed by atoms with E-state index in [1.54, 1.807) is 24.0 Å². The van der Waals surface area contributed by atoms with Gasteiger partial charge in [-0.25, -0.2) is 0 Å². The number of hydrogen-bond donors (Lipinski definition) is 5. The average molecular weight is 919 g/mol. The lowest BCUT2D eigenvalue weighted by Crippen LogP contribution is -2.48. The number of H-pyrrole nitrogens is 1. The number of amides is 1. The number of ether oxygens (including phenoxy) is 1. The van der Waals surface area contributed by atoms with Gasteiger partial charge in [-0.3, -0.25) is 19.3 Å². The molecule has 11 rings (SSSR count). The van der Waals surface area contributed by atoms with Crippen LogP contribution in [0.4, 0.5) is 0 Å². The zero-order chi connectivity index (χ0) is 46.9. The molecule has 0 saturated carbocycles. The number of cyclic esters (lactones) is 1. The molecule has 68 heavy (non-hydrogen) atoms. The van der Waals surface area contributed by atoms with Crippen molar-refractivity contribution in [3.63, 3.8) is 0 Å². The molecule has 3 fully saturated rings. The molecule has 3 saturated heterocycles. The lowest BCUT2D eigenvalue weighted by atomic mass is 9.92. The summed E-state index contributed by atoms with van der Waals surface area (Å²) in [5.74, 6) is 0.379. The summed E-state index contributed by atoms with van der Waals surface area (Å²) in [6, 6.07) is 42.6. The Kier molecular flexibility index (Phi) is 13.0. The van der Waals surface area contributed by atoms with E-state index < -0.39 is 42.4 Å². The first-order chi connectivity index (χ1) is 33.1. The van der Waals surface area contributed by atoms with Gasteiger partial charge >= 0.3 is 5.97 Å². The predicted molar refractivity (Wildman–Crippen MR) is 255 cm³/mol. The van der Waals surface area contributed by atoms with E-state index in [1.807, 2.05) is 134 Å². The van der Waals surface area contributed by atoms with Crippen molar-refractivity contribution in [1.29, 1.82) is 0 Å². The molecule has 5 N–H and O–H groups in total. The number of esters is 1. The van der Waals surface area contributed by atoms with Crippen LogP contribution in [0.1, 0.15) is 30.5 Å². The van der Waals surface area contributed by atoms with Crippen LogP contribution in [0.2, 0.25) is 0 Å². The van der Waals surface area contributed by atoms with Crippen LogP contribution in [0.3, 0.4) is 0 Å². The molecule has 0 bridgehead atoms. The second-order valence-corrected chi connectivity index (χ2v) is 17.9. The maximum absolute atomic E-state index is 13.5. The van der Waals surface area contributed by atoms with E-state index in [0.717, 1.165) is 72.2 Å². The monoisotopic (exact) mass is 918 g/mol. The summed E-state index contributed by atoms with van der Waals surface area (Å²) in [5.41, 5.74) is 7.76. The molecular weight excluding hydrogens is 865 g/mol. The van der Waals surface area contributed by atoms with Gasteiger partial charge in [-0.2, -0.15) is 10.1 Å². The van der Waals surface area contributed by atoms with Crippen molar-refractivity contribution in [2.75, 3.05) is 19.8 Å². The maximum Gasteiger partial charge on any atom is 0.326 e. The minimum atomic E-state index is -0.848. The number of furan rings is 2. The van der Waals surface area contributed by atoms with E-state index in [0.29, 0.717) is 32.7 Å². The van der Waals surface area contributed by atoms with E-state index in [4.69, 9.17) is 23.2 Å². The Hall–Kier alpha value is -6.62. The minimum absolute atomic E-state index is 0.137. The first-order valence-electron chi connectivity index (χ1n) is 23.1. The number of carbonyl (C=O) groups excluding carboxylic acids is 2. The summed E-state index contributed by atoms with van der Waals surface area (Å²) < 4.78 is 17.1. The second kappa shape index (κ2) is 19.5. The van der Waals surface area contributed by atoms with Gasteiger partial charge in [-0.15, -0.1) is 0 Å². The van der Waals surface area contributed by atoms with Gasteiger partial charge in [0.25, 0.3) is 0 Å². The average Bonchev–Trinajstić information content (AvgIpc) is 4.22. The van der Waals surface area contributed by atoms with Crippen LogP contribution in [0, 0.1) is 11.8 Å². The van der Waals surface area contributed by atoms with Crippen molar-refractivity contribution in [1.82, 2.24) is 20.4 Å². The Bertz CT molecular complexity index is 2950. The number of aromatic nitrogens is 1. The largest absolute Gasteiger partial charge is 0.464 e. The summed E-state index contributed by atoms with van der Waals surface area (Å²) in [7, 11) is 0. The van der Waals surface area contributed by atoms with Gasteiger partial charge in [0.2, 0.25) is 5.91 Å². The highest BCUT2D eigenvalue weighted by Gasteiger charge is 2.54. The molecule has 2 unspecified atom stereocenters.